The standard InChI is InChI=1S/C24H22N2O2S/c1-17-14-21(28-2)12-13-22(17)26-23(27)16-25(24(26)29)20-10-8-19(9-11-20)15-18-6-4-3-5-7-18/h3-14H,15-16H2,1-2H3. The Bertz CT molecular complexity index is 1050. The lowest BCUT2D eigenvalue weighted by atomic mass is 10.0. The molecule has 0 aromatic heterocycles. The van der Waals surface area contributed by atoms with Crippen LogP contribution in [-0.2, 0) is 11.2 Å². The molecule has 0 radical (unpaired) electrons. The Balaban J connectivity index is 1.54. The molecule has 1 saturated heterocycles. The maximum atomic E-state index is 12.7. The number of methoxy groups -OCH3 is 1. The van der Waals surface area contributed by atoms with Gasteiger partial charge in [0.25, 0.3) is 5.91 Å². The molecule has 1 fully saturated rings. The van der Waals surface area contributed by atoms with Crippen molar-refractivity contribution in [3.05, 3.63) is 89.5 Å². The fourth-order valence-corrected chi connectivity index (χ4v) is 3.94. The van der Waals surface area contributed by atoms with Crippen LogP contribution in [0.15, 0.2) is 72.8 Å². The number of anilines is 2. The number of ether oxygens (including phenoxy) is 1. The molecular formula is C24H22N2O2S. The summed E-state index contributed by atoms with van der Waals surface area (Å²) in [4.78, 5) is 16.2. The molecule has 0 atom stereocenters. The van der Waals surface area contributed by atoms with E-state index in [-0.39, 0.29) is 12.5 Å². The molecule has 0 aliphatic carbocycles. The monoisotopic (exact) mass is 402 g/mol. The second-order valence-corrected chi connectivity index (χ2v) is 7.44. The normalized spacial score (nSPS) is 13.9. The summed E-state index contributed by atoms with van der Waals surface area (Å²) in [5.41, 5.74) is 5.16. The third-order valence-electron chi connectivity index (χ3n) is 5.11. The Labute approximate surface area is 176 Å². The largest absolute Gasteiger partial charge is 0.497 e. The van der Waals surface area contributed by atoms with Crippen molar-refractivity contribution in [2.45, 2.75) is 13.3 Å². The summed E-state index contributed by atoms with van der Waals surface area (Å²) < 4.78 is 5.26. The molecule has 1 aliphatic heterocycles. The molecule has 29 heavy (non-hydrogen) atoms. The lowest BCUT2D eigenvalue weighted by molar-refractivity contribution is -0.115. The highest BCUT2D eigenvalue weighted by Crippen LogP contribution is 2.31. The number of amides is 1. The molecule has 3 aromatic carbocycles. The SMILES string of the molecule is COc1ccc(N2C(=O)CN(c3ccc(Cc4ccccc4)cc3)C2=S)c(C)c1. The number of aryl methyl sites for hydroxylation is 1. The fourth-order valence-electron chi connectivity index (χ4n) is 3.57. The zero-order valence-corrected chi connectivity index (χ0v) is 17.3. The molecule has 1 heterocycles. The van der Waals surface area contributed by atoms with Crippen LogP contribution in [0.1, 0.15) is 16.7 Å². The van der Waals surface area contributed by atoms with E-state index in [2.05, 4.69) is 24.3 Å². The average Bonchev–Trinajstić information content (AvgIpc) is 3.03. The highest BCUT2D eigenvalue weighted by Gasteiger charge is 2.35. The molecule has 4 rings (SSSR count). The van der Waals surface area contributed by atoms with Gasteiger partial charge in [-0.05, 0) is 72.6 Å². The van der Waals surface area contributed by atoms with Crippen molar-refractivity contribution in [1.29, 1.82) is 0 Å². The van der Waals surface area contributed by atoms with E-state index in [1.54, 1.807) is 12.0 Å². The van der Waals surface area contributed by atoms with Crippen molar-refractivity contribution < 1.29 is 9.53 Å². The molecule has 4 nitrogen and oxygen atoms in total. The lowest BCUT2D eigenvalue weighted by Gasteiger charge is -2.22. The first kappa shape index (κ1) is 19.2. The highest BCUT2D eigenvalue weighted by atomic mass is 32.1. The van der Waals surface area contributed by atoms with Crippen LogP contribution >= 0.6 is 12.2 Å². The van der Waals surface area contributed by atoms with E-state index in [0.29, 0.717) is 5.11 Å². The number of rotatable bonds is 5. The molecule has 0 saturated carbocycles. The smallest absolute Gasteiger partial charge is 0.253 e. The third kappa shape index (κ3) is 3.87. The van der Waals surface area contributed by atoms with Crippen molar-refractivity contribution in [2.24, 2.45) is 0 Å². The maximum Gasteiger partial charge on any atom is 0.253 e. The first-order valence-electron chi connectivity index (χ1n) is 9.49. The Kier molecular flexibility index (Phi) is 5.32. The van der Waals surface area contributed by atoms with E-state index >= 15 is 0 Å². The Morgan fingerprint density at radius 1 is 0.966 bits per heavy atom. The predicted molar refractivity (Wildman–Crippen MR) is 121 cm³/mol. The van der Waals surface area contributed by atoms with Gasteiger partial charge in [0.15, 0.2) is 5.11 Å². The minimum absolute atomic E-state index is 0.0309. The predicted octanol–water partition coefficient (Wildman–Crippen LogP) is 4.73. The summed E-state index contributed by atoms with van der Waals surface area (Å²) in [5, 5.41) is 0.499. The number of carbonyl (C=O) groups excluding carboxylic acids is 1. The van der Waals surface area contributed by atoms with Crippen molar-refractivity contribution in [3.8, 4) is 5.75 Å². The van der Waals surface area contributed by atoms with E-state index in [0.717, 1.165) is 29.1 Å². The van der Waals surface area contributed by atoms with Gasteiger partial charge >= 0.3 is 0 Å². The molecule has 1 aliphatic rings. The molecule has 0 spiro atoms. The summed E-state index contributed by atoms with van der Waals surface area (Å²) in [6, 6.07) is 24.2. The van der Waals surface area contributed by atoms with Crippen LogP contribution < -0.4 is 14.5 Å². The van der Waals surface area contributed by atoms with Gasteiger partial charge in [0.05, 0.1) is 12.8 Å². The summed E-state index contributed by atoms with van der Waals surface area (Å²) in [5.74, 6) is 0.728. The Hall–Kier alpha value is -3.18. The van der Waals surface area contributed by atoms with E-state index < -0.39 is 0 Å². The van der Waals surface area contributed by atoms with Gasteiger partial charge in [0, 0.05) is 5.69 Å². The maximum absolute atomic E-state index is 12.7. The summed E-state index contributed by atoms with van der Waals surface area (Å²) in [7, 11) is 1.63. The van der Waals surface area contributed by atoms with Crippen molar-refractivity contribution in [2.75, 3.05) is 23.5 Å². The van der Waals surface area contributed by atoms with Gasteiger partial charge in [-0.2, -0.15) is 0 Å². The van der Waals surface area contributed by atoms with Crippen LogP contribution in [0.5, 0.6) is 5.75 Å². The van der Waals surface area contributed by atoms with E-state index in [9.17, 15) is 4.79 Å². The number of benzene rings is 3. The zero-order valence-electron chi connectivity index (χ0n) is 16.5. The topological polar surface area (TPSA) is 32.8 Å². The zero-order chi connectivity index (χ0) is 20.4. The molecule has 146 valence electrons. The lowest BCUT2D eigenvalue weighted by Crippen LogP contribution is -2.33. The average molecular weight is 403 g/mol. The number of hydrogen-bond acceptors (Lipinski definition) is 3. The van der Waals surface area contributed by atoms with Gasteiger partial charge in [-0.15, -0.1) is 0 Å². The van der Waals surface area contributed by atoms with Crippen molar-refractivity contribution >= 4 is 34.6 Å². The summed E-state index contributed by atoms with van der Waals surface area (Å²) >= 11 is 5.66. The molecule has 3 aromatic rings. The van der Waals surface area contributed by atoms with Gasteiger partial charge in [-0.25, -0.2) is 0 Å². The van der Waals surface area contributed by atoms with Crippen LogP contribution in [0, 0.1) is 6.92 Å². The number of hydrogen-bond donors (Lipinski definition) is 0. The van der Waals surface area contributed by atoms with Crippen LogP contribution in [-0.4, -0.2) is 24.7 Å². The van der Waals surface area contributed by atoms with Gasteiger partial charge in [-0.3, -0.25) is 9.69 Å². The van der Waals surface area contributed by atoms with Gasteiger partial charge in [0.1, 0.15) is 12.3 Å². The molecule has 0 bridgehead atoms. The van der Waals surface area contributed by atoms with Crippen molar-refractivity contribution in [1.82, 2.24) is 0 Å². The molecule has 5 heteroatoms. The van der Waals surface area contributed by atoms with E-state index in [1.165, 1.54) is 11.1 Å². The molecule has 0 unspecified atom stereocenters. The Morgan fingerprint density at radius 3 is 2.31 bits per heavy atom. The fraction of sp³-hybridized carbons (Fsp3) is 0.167. The third-order valence-corrected chi connectivity index (χ3v) is 5.51. The molecule has 0 N–H and O–H groups in total. The highest BCUT2D eigenvalue weighted by molar-refractivity contribution is 7.81. The Morgan fingerprint density at radius 2 is 1.66 bits per heavy atom. The van der Waals surface area contributed by atoms with Gasteiger partial charge in [-0.1, -0.05) is 42.5 Å². The number of carbonyl (C=O) groups is 1. The van der Waals surface area contributed by atoms with E-state index in [1.807, 2.05) is 60.4 Å². The summed E-state index contributed by atoms with van der Waals surface area (Å²) in [6.45, 7) is 2.19. The minimum atomic E-state index is -0.0309. The second kappa shape index (κ2) is 8.05. The van der Waals surface area contributed by atoms with Crippen LogP contribution in [0.25, 0.3) is 0 Å². The first-order valence-corrected chi connectivity index (χ1v) is 9.89. The van der Waals surface area contributed by atoms with Crippen LogP contribution in [0.3, 0.4) is 0 Å². The first-order chi connectivity index (χ1) is 14.1. The minimum Gasteiger partial charge on any atom is -0.497 e. The molecule has 1 amide bonds. The molecular weight excluding hydrogens is 380 g/mol. The van der Waals surface area contributed by atoms with Crippen molar-refractivity contribution in [3.63, 3.8) is 0 Å². The number of thiocarbonyl (C=S) groups is 1. The van der Waals surface area contributed by atoms with Gasteiger partial charge in [0.2, 0.25) is 0 Å². The van der Waals surface area contributed by atoms with E-state index in [4.69, 9.17) is 17.0 Å². The summed E-state index contributed by atoms with van der Waals surface area (Å²) in [6.07, 6.45) is 0.877. The van der Waals surface area contributed by atoms with Gasteiger partial charge < -0.3 is 9.64 Å². The quantitative estimate of drug-likeness (QED) is 0.578. The van der Waals surface area contributed by atoms with Crippen LogP contribution in [0.4, 0.5) is 11.4 Å². The second-order valence-electron chi connectivity index (χ2n) is 7.08. The number of nitrogens with zero attached hydrogens (tertiary/aromatic N) is 2. The van der Waals surface area contributed by atoms with Crippen LogP contribution in [0.2, 0.25) is 0 Å².